The van der Waals surface area contributed by atoms with Crippen molar-refractivity contribution >= 4 is 29.3 Å². The molecule has 1 atom stereocenters. The van der Waals surface area contributed by atoms with Crippen LogP contribution >= 0.6 is 23.4 Å². The van der Waals surface area contributed by atoms with Crippen molar-refractivity contribution in [3.63, 3.8) is 0 Å². The highest BCUT2D eigenvalue weighted by Crippen LogP contribution is 2.41. The zero-order valence-corrected chi connectivity index (χ0v) is 13.2. The molecule has 1 fully saturated rings. The molecule has 6 heteroatoms. The molecule has 2 rings (SSSR count). The third-order valence-electron chi connectivity index (χ3n) is 3.20. The van der Waals surface area contributed by atoms with Crippen LogP contribution in [0.25, 0.3) is 0 Å². The fraction of sp³-hybridized carbons (Fsp3) is 0.500. The number of hydrogen-bond donors (Lipinski definition) is 0. The van der Waals surface area contributed by atoms with Gasteiger partial charge in [-0.05, 0) is 39.2 Å². The maximum absolute atomic E-state index is 13.1. The average molecular weight is 317 g/mol. The van der Waals surface area contributed by atoms with Crippen molar-refractivity contribution in [1.82, 2.24) is 9.80 Å². The molecule has 1 amide bonds. The Morgan fingerprint density at radius 3 is 2.90 bits per heavy atom. The van der Waals surface area contributed by atoms with Gasteiger partial charge in [0.2, 0.25) is 5.91 Å². The van der Waals surface area contributed by atoms with Crippen LogP contribution in [0.1, 0.15) is 17.4 Å². The molecule has 0 aromatic heterocycles. The highest BCUT2D eigenvalue weighted by molar-refractivity contribution is 8.00. The van der Waals surface area contributed by atoms with Crippen molar-refractivity contribution in [2.75, 3.05) is 32.9 Å². The number of thioether (sulfide) groups is 1. The van der Waals surface area contributed by atoms with Crippen LogP contribution in [0, 0.1) is 5.82 Å². The first-order valence-corrected chi connectivity index (χ1v) is 7.92. The lowest BCUT2D eigenvalue weighted by Gasteiger charge is -2.25. The number of rotatable bonds is 5. The average Bonchev–Trinajstić information content (AvgIpc) is 2.71. The van der Waals surface area contributed by atoms with Crippen LogP contribution < -0.4 is 0 Å². The van der Waals surface area contributed by atoms with E-state index in [0.29, 0.717) is 17.3 Å². The van der Waals surface area contributed by atoms with Gasteiger partial charge in [0.1, 0.15) is 11.2 Å². The molecule has 1 aliphatic heterocycles. The van der Waals surface area contributed by atoms with Gasteiger partial charge in [0.05, 0.1) is 5.75 Å². The number of carbonyl (C=O) groups excluding carboxylic acids is 1. The number of amides is 1. The molecule has 0 saturated carbocycles. The van der Waals surface area contributed by atoms with E-state index in [4.69, 9.17) is 11.6 Å². The molecular weight excluding hydrogens is 299 g/mol. The molecule has 1 unspecified atom stereocenters. The number of nitrogens with zero attached hydrogens (tertiary/aromatic N) is 2. The van der Waals surface area contributed by atoms with Crippen LogP contribution in [0.15, 0.2) is 18.2 Å². The smallest absolute Gasteiger partial charge is 0.233 e. The number of benzene rings is 1. The van der Waals surface area contributed by atoms with E-state index in [9.17, 15) is 9.18 Å². The first kappa shape index (κ1) is 15.6. The van der Waals surface area contributed by atoms with E-state index in [1.165, 1.54) is 12.1 Å². The summed E-state index contributed by atoms with van der Waals surface area (Å²) in [6.07, 6.45) is 0.911. The zero-order valence-electron chi connectivity index (χ0n) is 11.6. The Bertz CT molecular complexity index is 498. The molecule has 1 aliphatic rings. The minimum atomic E-state index is -0.354. The Labute approximate surface area is 128 Å². The lowest BCUT2D eigenvalue weighted by atomic mass is 10.2. The van der Waals surface area contributed by atoms with Gasteiger partial charge in [-0.25, -0.2) is 4.39 Å². The zero-order chi connectivity index (χ0) is 14.7. The fourth-order valence-electron chi connectivity index (χ4n) is 2.21. The van der Waals surface area contributed by atoms with Crippen molar-refractivity contribution in [3.8, 4) is 0 Å². The molecule has 3 nitrogen and oxygen atoms in total. The first-order chi connectivity index (χ1) is 9.49. The van der Waals surface area contributed by atoms with Crippen LogP contribution in [0.3, 0.4) is 0 Å². The number of hydrogen-bond acceptors (Lipinski definition) is 3. The normalized spacial score (nSPS) is 19.1. The second kappa shape index (κ2) is 6.78. The first-order valence-electron chi connectivity index (χ1n) is 6.50. The maximum atomic E-state index is 13.1. The van der Waals surface area contributed by atoms with Gasteiger partial charge in [0, 0.05) is 17.1 Å². The summed E-state index contributed by atoms with van der Waals surface area (Å²) in [4.78, 5) is 15.9. The third-order valence-corrected chi connectivity index (χ3v) is 4.77. The van der Waals surface area contributed by atoms with Gasteiger partial charge in [-0.3, -0.25) is 4.79 Å². The number of halogens is 2. The second-order valence-electron chi connectivity index (χ2n) is 5.07. The SMILES string of the molecule is CN(C)CCCN1C(=O)CSC1c1ccc(F)cc1Cl. The van der Waals surface area contributed by atoms with Crippen LogP contribution in [-0.2, 0) is 4.79 Å². The summed E-state index contributed by atoms with van der Waals surface area (Å²) in [5.74, 6) is 0.228. The monoisotopic (exact) mass is 316 g/mol. The Morgan fingerprint density at radius 1 is 1.50 bits per heavy atom. The lowest BCUT2D eigenvalue weighted by molar-refractivity contribution is -0.128. The quantitative estimate of drug-likeness (QED) is 0.834. The topological polar surface area (TPSA) is 23.6 Å². The summed E-state index contributed by atoms with van der Waals surface area (Å²) < 4.78 is 13.1. The van der Waals surface area contributed by atoms with Crippen LogP contribution in [0.2, 0.25) is 5.02 Å². The highest BCUT2D eigenvalue weighted by Gasteiger charge is 2.33. The Morgan fingerprint density at radius 2 is 2.25 bits per heavy atom. The van der Waals surface area contributed by atoms with Gasteiger partial charge in [-0.15, -0.1) is 11.8 Å². The van der Waals surface area contributed by atoms with E-state index < -0.39 is 0 Å². The van der Waals surface area contributed by atoms with E-state index in [0.717, 1.165) is 18.5 Å². The van der Waals surface area contributed by atoms with Gasteiger partial charge in [-0.1, -0.05) is 17.7 Å². The van der Waals surface area contributed by atoms with Gasteiger partial charge in [-0.2, -0.15) is 0 Å². The van der Waals surface area contributed by atoms with Crippen molar-refractivity contribution in [1.29, 1.82) is 0 Å². The van der Waals surface area contributed by atoms with E-state index in [-0.39, 0.29) is 17.1 Å². The largest absolute Gasteiger partial charge is 0.326 e. The molecule has 0 bridgehead atoms. The Balaban J connectivity index is 2.11. The summed E-state index contributed by atoms with van der Waals surface area (Å²) in [5.41, 5.74) is 0.814. The summed E-state index contributed by atoms with van der Waals surface area (Å²) in [6, 6.07) is 4.37. The Hall–Kier alpha value is -0.780. The molecule has 0 aliphatic carbocycles. The van der Waals surface area contributed by atoms with Crippen molar-refractivity contribution in [2.24, 2.45) is 0 Å². The minimum Gasteiger partial charge on any atom is -0.326 e. The van der Waals surface area contributed by atoms with Crippen molar-refractivity contribution < 1.29 is 9.18 Å². The van der Waals surface area contributed by atoms with E-state index in [1.54, 1.807) is 17.8 Å². The summed E-state index contributed by atoms with van der Waals surface area (Å²) in [7, 11) is 4.02. The van der Waals surface area contributed by atoms with Crippen molar-refractivity contribution in [3.05, 3.63) is 34.6 Å². The number of carbonyl (C=O) groups is 1. The fourth-order valence-corrected chi connectivity index (χ4v) is 3.80. The third kappa shape index (κ3) is 3.65. The second-order valence-corrected chi connectivity index (χ2v) is 6.55. The summed E-state index contributed by atoms with van der Waals surface area (Å²) in [5, 5.41) is 0.285. The van der Waals surface area contributed by atoms with Gasteiger partial charge >= 0.3 is 0 Å². The molecule has 0 spiro atoms. The van der Waals surface area contributed by atoms with Crippen LogP contribution in [-0.4, -0.2) is 48.6 Å². The highest BCUT2D eigenvalue weighted by atomic mass is 35.5. The van der Waals surface area contributed by atoms with Gasteiger partial charge in [0.15, 0.2) is 0 Å². The van der Waals surface area contributed by atoms with Gasteiger partial charge < -0.3 is 9.80 Å². The maximum Gasteiger partial charge on any atom is 0.233 e. The summed E-state index contributed by atoms with van der Waals surface area (Å²) >= 11 is 7.65. The molecular formula is C14H18ClFN2OS. The molecule has 20 heavy (non-hydrogen) atoms. The molecule has 1 saturated heterocycles. The molecule has 110 valence electrons. The predicted octanol–water partition coefficient (Wildman–Crippen LogP) is 3.00. The predicted molar refractivity (Wildman–Crippen MR) is 81.5 cm³/mol. The molecule has 0 radical (unpaired) electrons. The van der Waals surface area contributed by atoms with E-state index in [1.807, 2.05) is 19.0 Å². The molecule has 1 aromatic carbocycles. The minimum absolute atomic E-state index is 0.0993. The molecule has 1 heterocycles. The standard InChI is InChI=1S/C14H18ClFN2OS/c1-17(2)6-3-7-18-13(19)9-20-14(18)11-5-4-10(16)8-12(11)15/h4-5,8,14H,3,6-7,9H2,1-2H3. The van der Waals surface area contributed by atoms with Crippen LogP contribution in [0.5, 0.6) is 0 Å². The lowest BCUT2D eigenvalue weighted by Crippen LogP contribution is -2.31. The molecule has 0 N–H and O–H groups in total. The summed E-state index contributed by atoms with van der Waals surface area (Å²) in [6.45, 7) is 1.63. The van der Waals surface area contributed by atoms with Crippen molar-refractivity contribution in [2.45, 2.75) is 11.8 Å². The van der Waals surface area contributed by atoms with Gasteiger partial charge in [0.25, 0.3) is 0 Å². The molecule has 1 aromatic rings. The van der Waals surface area contributed by atoms with E-state index >= 15 is 0 Å². The Kier molecular flexibility index (Phi) is 5.29. The van der Waals surface area contributed by atoms with Crippen LogP contribution in [0.4, 0.5) is 4.39 Å². The van der Waals surface area contributed by atoms with E-state index in [2.05, 4.69) is 4.90 Å².